The Kier molecular flexibility index (Phi) is 4.73. The first-order valence-corrected chi connectivity index (χ1v) is 6.02. The summed E-state index contributed by atoms with van der Waals surface area (Å²) in [5.41, 5.74) is 0. The molecule has 3 heteroatoms. The summed E-state index contributed by atoms with van der Waals surface area (Å²) in [6.45, 7) is 4.65. The van der Waals surface area contributed by atoms with Gasteiger partial charge in [0, 0.05) is 18.3 Å². The number of hydrogen-bond donors (Lipinski definition) is 1. The lowest BCUT2D eigenvalue weighted by atomic mass is 9.98. The highest BCUT2D eigenvalue weighted by atomic mass is 35.5. The van der Waals surface area contributed by atoms with E-state index in [-0.39, 0.29) is 11.8 Å². The van der Waals surface area contributed by atoms with E-state index in [4.69, 9.17) is 11.6 Å². The van der Waals surface area contributed by atoms with Crippen molar-refractivity contribution in [2.24, 2.45) is 17.8 Å². The zero-order valence-electron chi connectivity index (χ0n) is 9.05. The average molecular weight is 218 g/mol. The van der Waals surface area contributed by atoms with Crippen molar-refractivity contribution in [2.45, 2.75) is 33.1 Å². The molecule has 1 aliphatic carbocycles. The number of carbonyl (C=O) groups excluding carboxylic acids is 1. The van der Waals surface area contributed by atoms with Gasteiger partial charge in [-0.15, -0.1) is 11.6 Å². The molecule has 0 saturated heterocycles. The maximum absolute atomic E-state index is 11.4. The molecule has 82 valence electrons. The Hall–Kier alpha value is -0.240. The normalized spacial score (nSPS) is 26.9. The molecule has 0 radical (unpaired) electrons. The molecule has 0 aromatic heterocycles. The summed E-state index contributed by atoms with van der Waals surface area (Å²) in [5, 5.41) is 2.99. The lowest BCUT2D eigenvalue weighted by molar-refractivity contribution is -0.124. The van der Waals surface area contributed by atoms with Crippen LogP contribution in [0.25, 0.3) is 0 Å². The Morgan fingerprint density at radius 1 is 1.43 bits per heavy atom. The fourth-order valence-electron chi connectivity index (χ4n) is 2.02. The number of amides is 1. The number of halogens is 1. The van der Waals surface area contributed by atoms with Crippen LogP contribution in [0.3, 0.4) is 0 Å². The zero-order chi connectivity index (χ0) is 10.6. The van der Waals surface area contributed by atoms with Crippen LogP contribution in [0.4, 0.5) is 0 Å². The summed E-state index contributed by atoms with van der Waals surface area (Å²) in [7, 11) is 0. The fourth-order valence-corrected chi connectivity index (χ4v) is 2.43. The van der Waals surface area contributed by atoms with Crippen molar-refractivity contribution in [1.82, 2.24) is 5.32 Å². The topological polar surface area (TPSA) is 29.1 Å². The van der Waals surface area contributed by atoms with E-state index in [0.717, 1.165) is 12.4 Å². The molecule has 14 heavy (non-hydrogen) atoms. The second kappa shape index (κ2) is 5.59. The van der Waals surface area contributed by atoms with Gasteiger partial charge in [-0.2, -0.15) is 0 Å². The van der Waals surface area contributed by atoms with E-state index in [1.165, 1.54) is 19.3 Å². The van der Waals surface area contributed by atoms with Crippen molar-refractivity contribution < 1.29 is 4.79 Å². The molecule has 1 rings (SSSR count). The van der Waals surface area contributed by atoms with E-state index in [1.54, 1.807) is 0 Å². The summed E-state index contributed by atoms with van der Waals surface area (Å²) < 4.78 is 0. The Balaban J connectivity index is 2.27. The molecular formula is C11H20ClNO. The van der Waals surface area contributed by atoms with Crippen LogP contribution >= 0.6 is 11.6 Å². The number of carbonyl (C=O) groups is 1. The van der Waals surface area contributed by atoms with Crippen molar-refractivity contribution in [1.29, 1.82) is 0 Å². The minimum atomic E-state index is 0.0888. The van der Waals surface area contributed by atoms with Crippen LogP contribution in [-0.4, -0.2) is 18.3 Å². The molecule has 2 atom stereocenters. The van der Waals surface area contributed by atoms with Gasteiger partial charge in [0.05, 0.1) is 0 Å². The van der Waals surface area contributed by atoms with Gasteiger partial charge in [-0.05, 0) is 24.7 Å². The molecule has 0 bridgehead atoms. The Bertz CT molecular complexity index is 194. The van der Waals surface area contributed by atoms with Crippen LogP contribution in [-0.2, 0) is 4.79 Å². The van der Waals surface area contributed by atoms with E-state index in [0.29, 0.717) is 11.8 Å². The fraction of sp³-hybridized carbons (Fsp3) is 0.909. The second-order valence-corrected chi connectivity index (χ2v) is 4.81. The van der Waals surface area contributed by atoms with Gasteiger partial charge in [-0.1, -0.05) is 20.3 Å². The molecule has 0 aliphatic heterocycles. The predicted octanol–water partition coefficient (Wildman–Crippen LogP) is 2.41. The molecular weight excluding hydrogens is 198 g/mol. The van der Waals surface area contributed by atoms with E-state index in [9.17, 15) is 4.79 Å². The van der Waals surface area contributed by atoms with Gasteiger partial charge in [0.25, 0.3) is 0 Å². The molecule has 1 aliphatic rings. The maximum Gasteiger partial charge on any atom is 0.222 e. The van der Waals surface area contributed by atoms with E-state index in [2.05, 4.69) is 5.32 Å². The molecule has 1 saturated carbocycles. The van der Waals surface area contributed by atoms with Gasteiger partial charge < -0.3 is 5.32 Å². The smallest absolute Gasteiger partial charge is 0.222 e. The average Bonchev–Trinajstić information content (AvgIpc) is 2.60. The lowest BCUT2D eigenvalue weighted by Crippen LogP contribution is -2.33. The van der Waals surface area contributed by atoms with Crippen molar-refractivity contribution in [2.75, 3.05) is 12.4 Å². The van der Waals surface area contributed by atoms with Gasteiger partial charge in [0.2, 0.25) is 5.91 Å². The highest BCUT2D eigenvalue weighted by Crippen LogP contribution is 2.31. The molecule has 0 aromatic carbocycles. The highest BCUT2D eigenvalue weighted by molar-refractivity contribution is 6.18. The standard InChI is InChI=1S/C11H20ClNO/c1-8(2)11(14)13-7-10-5-3-4-9(10)6-12/h8-10H,3-7H2,1-2H3,(H,13,14). The van der Waals surface area contributed by atoms with Crippen LogP contribution < -0.4 is 5.32 Å². The van der Waals surface area contributed by atoms with E-state index in [1.807, 2.05) is 13.8 Å². The van der Waals surface area contributed by atoms with E-state index >= 15 is 0 Å². The molecule has 2 nitrogen and oxygen atoms in total. The summed E-state index contributed by atoms with van der Waals surface area (Å²) in [6, 6.07) is 0. The summed E-state index contributed by atoms with van der Waals surface area (Å²) in [4.78, 5) is 11.4. The lowest BCUT2D eigenvalue weighted by Gasteiger charge is -2.18. The number of alkyl halides is 1. The largest absolute Gasteiger partial charge is 0.356 e. The van der Waals surface area contributed by atoms with Gasteiger partial charge in [0.1, 0.15) is 0 Å². The Morgan fingerprint density at radius 3 is 2.64 bits per heavy atom. The molecule has 2 unspecified atom stereocenters. The van der Waals surface area contributed by atoms with Crippen molar-refractivity contribution in [3.05, 3.63) is 0 Å². The molecule has 0 heterocycles. The predicted molar refractivity (Wildman–Crippen MR) is 59.4 cm³/mol. The van der Waals surface area contributed by atoms with Crippen molar-refractivity contribution in [3.63, 3.8) is 0 Å². The van der Waals surface area contributed by atoms with Gasteiger partial charge in [-0.3, -0.25) is 4.79 Å². The van der Waals surface area contributed by atoms with Crippen LogP contribution in [0.1, 0.15) is 33.1 Å². The SMILES string of the molecule is CC(C)C(=O)NCC1CCCC1CCl. The summed E-state index contributed by atoms with van der Waals surface area (Å²) >= 11 is 5.87. The molecule has 1 amide bonds. The third-order valence-electron chi connectivity index (χ3n) is 3.08. The van der Waals surface area contributed by atoms with Gasteiger partial charge >= 0.3 is 0 Å². The summed E-state index contributed by atoms with van der Waals surface area (Å²) in [5.74, 6) is 2.21. The first kappa shape index (κ1) is 11.8. The summed E-state index contributed by atoms with van der Waals surface area (Å²) in [6.07, 6.45) is 3.71. The van der Waals surface area contributed by atoms with Crippen LogP contribution in [0.15, 0.2) is 0 Å². The van der Waals surface area contributed by atoms with E-state index < -0.39 is 0 Å². The Morgan fingerprint density at radius 2 is 2.07 bits per heavy atom. The maximum atomic E-state index is 11.4. The zero-order valence-corrected chi connectivity index (χ0v) is 9.81. The molecule has 0 spiro atoms. The minimum absolute atomic E-state index is 0.0888. The Labute approximate surface area is 91.4 Å². The first-order chi connectivity index (χ1) is 6.65. The first-order valence-electron chi connectivity index (χ1n) is 5.48. The van der Waals surface area contributed by atoms with Crippen molar-refractivity contribution >= 4 is 17.5 Å². The van der Waals surface area contributed by atoms with Crippen LogP contribution in [0.5, 0.6) is 0 Å². The number of hydrogen-bond acceptors (Lipinski definition) is 1. The number of nitrogens with one attached hydrogen (secondary N) is 1. The van der Waals surface area contributed by atoms with Gasteiger partial charge in [0.15, 0.2) is 0 Å². The number of rotatable bonds is 4. The third kappa shape index (κ3) is 3.16. The molecule has 1 fully saturated rings. The minimum Gasteiger partial charge on any atom is -0.356 e. The highest BCUT2D eigenvalue weighted by Gasteiger charge is 2.26. The van der Waals surface area contributed by atoms with Gasteiger partial charge in [-0.25, -0.2) is 0 Å². The molecule has 0 aromatic rings. The third-order valence-corrected chi connectivity index (χ3v) is 3.47. The van der Waals surface area contributed by atoms with Crippen molar-refractivity contribution in [3.8, 4) is 0 Å². The quantitative estimate of drug-likeness (QED) is 0.720. The van der Waals surface area contributed by atoms with Crippen LogP contribution in [0, 0.1) is 17.8 Å². The monoisotopic (exact) mass is 217 g/mol. The second-order valence-electron chi connectivity index (χ2n) is 4.51. The molecule has 1 N–H and O–H groups in total. The van der Waals surface area contributed by atoms with Crippen LogP contribution in [0.2, 0.25) is 0 Å².